The lowest BCUT2D eigenvalue weighted by Crippen LogP contribution is -2.28. The number of rotatable bonds is 8. The van der Waals surface area contributed by atoms with E-state index in [0.717, 1.165) is 11.1 Å². The predicted octanol–water partition coefficient (Wildman–Crippen LogP) is 4.54. The summed E-state index contributed by atoms with van der Waals surface area (Å²) in [5.74, 6) is 1.53. The molecule has 0 amide bonds. The molecule has 1 heterocycles. The van der Waals surface area contributed by atoms with Gasteiger partial charge < -0.3 is 19.3 Å². The summed E-state index contributed by atoms with van der Waals surface area (Å²) in [7, 11) is 1.52. The van der Waals surface area contributed by atoms with Gasteiger partial charge in [-0.25, -0.2) is 0 Å². The summed E-state index contributed by atoms with van der Waals surface area (Å²) >= 11 is 6.19. The fourth-order valence-corrected chi connectivity index (χ4v) is 3.18. The number of nitrogens with zero attached hydrogens (tertiary/aromatic N) is 1. The zero-order valence-electron chi connectivity index (χ0n) is 18.0. The van der Waals surface area contributed by atoms with E-state index < -0.39 is 5.60 Å². The Morgan fingerprint density at radius 2 is 1.74 bits per heavy atom. The maximum Gasteiger partial charge on any atom is 0.255 e. The Balaban J connectivity index is 1.77. The summed E-state index contributed by atoms with van der Waals surface area (Å²) in [6.07, 6.45) is 1.68. The SMILES string of the molecule is COc1cc(-n2ccc(COc3ccc(C)cc3Cl)cc2=O)ccc1OCC(C)(C)O. The number of hydrogen-bond acceptors (Lipinski definition) is 5. The molecule has 0 aliphatic heterocycles. The Kier molecular flexibility index (Phi) is 6.93. The van der Waals surface area contributed by atoms with Gasteiger partial charge in [-0.15, -0.1) is 0 Å². The quantitative estimate of drug-likeness (QED) is 0.553. The standard InChI is InChI=1S/C24H26ClNO5/c1-16-5-7-20(19(25)11-16)30-14-17-9-10-26(23(27)12-17)18-6-8-21(22(13-18)29-4)31-15-24(2,3)28/h5-13,28H,14-15H2,1-4H3. The first-order valence-electron chi connectivity index (χ1n) is 9.80. The highest BCUT2D eigenvalue weighted by Crippen LogP contribution is 2.30. The molecule has 0 aliphatic rings. The third-order valence-electron chi connectivity index (χ3n) is 4.47. The third kappa shape index (κ3) is 6.03. The van der Waals surface area contributed by atoms with Crippen LogP contribution in [-0.2, 0) is 6.61 Å². The fraction of sp³-hybridized carbons (Fsp3) is 0.292. The molecule has 0 saturated carbocycles. The van der Waals surface area contributed by atoms with Crippen molar-refractivity contribution in [3.8, 4) is 22.9 Å². The van der Waals surface area contributed by atoms with Crippen LogP contribution >= 0.6 is 11.6 Å². The molecule has 0 fully saturated rings. The second-order valence-corrected chi connectivity index (χ2v) is 8.31. The van der Waals surface area contributed by atoms with Gasteiger partial charge >= 0.3 is 0 Å². The van der Waals surface area contributed by atoms with Crippen LogP contribution in [0.3, 0.4) is 0 Å². The summed E-state index contributed by atoms with van der Waals surface area (Å²) in [5.41, 5.74) is 1.23. The van der Waals surface area contributed by atoms with E-state index in [-0.39, 0.29) is 18.8 Å². The van der Waals surface area contributed by atoms with E-state index in [9.17, 15) is 9.90 Å². The van der Waals surface area contributed by atoms with Crippen LogP contribution in [0.4, 0.5) is 0 Å². The Morgan fingerprint density at radius 3 is 2.39 bits per heavy atom. The van der Waals surface area contributed by atoms with E-state index in [4.69, 9.17) is 25.8 Å². The van der Waals surface area contributed by atoms with E-state index in [2.05, 4.69) is 0 Å². The normalized spacial score (nSPS) is 11.3. The molecule has 0 radical (unpaired) electrons. The number of ether oxygens (including phenoxy) is 3. The van der Waals surface area contributed by atoms with Crippen LogP contribution < -0.4 is 19.8 Å². The minimum Gasteiger partial charge on any atom is -0.493 e. The van der Waals surface area contributed by atoms with Gasteiger partial charge in [0.2, 0.25) is 0 Å². The highest BCUT2D eigenvalue weighted by Gasteiger charge is 2.16. The minimum absolute atomic E-state index is 0.113. The Hall–Kier alpha value is -2.96. The Labute approximate surface area is 186 Å². The molecule has 0 aliphatic carbocycles. The van der Waals surface area contributed by atoms with Crippen molar-refractivity contribution in [1.29, 1.82) is 0 Å². The topological polar surface area (TPSA) is 69.9 Å². The fourth-order valence-electron chi connectivity index (χ4n) is 2.89. The first-order valence-corrected chi connectivity index (χ1v) is 10.2. The van der Waals surface area contributed by atoms with E-state index in [0.29, 0.717) is 28.0 Å². The van der Waals surface area contributed by atoms with Crippen molar-refractivity contribution >= 4 is 11.6 Å². The molecule has 164 valence electrons. The second kappa shape index (κ2) is 9.45. The number of benzene rings is 2. The van der Waals surface area contributed by atoms with Crippen LogP contribution in [0.15, 0.2) is 59.5 Å². The summed E-state index contributed by atoms with van der Waals surface area (Å²) in [6.45, 7) is 5.61. The zero-order valence-corrected chi connectivity index (χ0v) is 18.8. The third-order valence-corrected chi connectivity index (χ3v) is 4.77. The van der Waals surface area contributed by atoms with E-state index in [1.54, 1.807) is 38.2 Å². The molecule has 31 heavy (non-hydrogen) atoms. The molecule has 1 aromatic heterocycles. The van der Waals surface area contributed by atoms with Crippen molar-refractivity contribution in [1.82, 2.24) is 4.57 Å². The molecular weight excluding hydrogens is 418 g/mol. The second-order valence-electron chi connectivity index (χ2n) is 7.90. The lowest BCUT2D eigenvalue weighted by molar-refractivity contribution is 0.0276. The van der Waals surface area contributed by atoms with E-state index in [1.165, 1.54) is 17.7 Å². The van der Waals surface area contributed by atoms with Gasteiger partial charge in [-0.3, -0.25) is 9.36 Å². The van der Waals surface area contributed by atoms with Gasteiger partial charge in [-0.2, -0.15) is 0 Å². The van der Waals surface area contributed by atoms with Crippen LogP contribution in [0.1, 0.15) is 25.0 Å². The number of pyridine rings is 1. The average Bonchev–Trinajstić information content (AvgIpc) is 2.71. The minimum atomic E-state index is -0.971. The average molecular weight is 444 g/mol. The van der Waals surface area contributed by atoms with Gasteiger partial charge in [-0.1, -0.05) is 17.7 Å². The molecule has 2 aromatic carbocycles. The van der Waals surface area contributed by atoms with Crippen LogP contribution in [0, 0.1) is 6.92 Å². The van der Waals surface area contributed by atoms with Gasteiger partial charge in [0, 0.05) is 18.3 Å². The number of aryl methyl sites for hydroxylation is 1. The van der Waals surface area contributed by atoms with Gasteiger partial charge in [-0.05, 0) is 62.2 Å². The van der Waals surface area contributed by atoms with Gasteiger partial charge in [0.15, 0.2) is 11.5 Å². The summed E-state index contributed by atoms with van der Waals surface area (Å²) in [4.78, 5) is 12.7. The van der Waals surface area contributed by atoms with Crippen molar-refractivity contribution in [3.05, 3.63) is 81.2 Å². The molecule has 0 unspecified atom stereocenters. The molecule has 3 rings (SSSR count). The van der Waals surface area contributed by atoms with Crippen molar-refractivity contribution in [3.63, 3.8) is 0 Å². The number of hydrogen-bond donors (Lipinski definition) is 1. The van der Waals surface area contributed by atoms with E-state index >= 15 is 0 Å². The van der Waals surface area contributed by atoms with Gasteiger partial charge in [0.25, 0.3) is 5.56 Å². The number of aromatic nitrogens is 1. The van der Waals surface area contributed by atoms with E-state index in [1.807, 2.05) is 31.2 Å². The van der Waals surface area contributed by atoms with Crippen LogP contribution in [0.5, 0.6) is 17.2 Å². The number of methoxy groups -OCH3 is 1. The molecule has 1 N–H and O–H groups in total. The van der Waals surface area contributed by atoms with Crippen LogP contribution in [-0.4, -0.2) is 29.0 Å². The number of aliphatic hydroxyl groups is 1. The van der Waals surface area contributed by atoms with Gasteiger partial charge in [0.1, 0.15) is 19.0 Å². The zero-order chi connectivity index (χ0) is 22.6. The molecule has 0 atom stereocenters. The first-order chi connectivity index (χ1) is 14.7. The predicted molar refractivity (Wildman–Crippen MR) is 121 cm³/mol. The Bertz CT molecular complexity index is 1120. The van der Waals surface area contributed by atoms with Crippen molar-refractivity contribution in [2.75, 3.05) is 13.7 Å². The summed E-state index contributed by atoms with van der Waals surface area (Å²) in [6, 6.07) is 14.1. The monoisotopic (exact) mass is 443 g/mol. The Morgan fingerprint density at radius 1 is 1.00 bits per heavy atom. The number of halogens is 1. The van der Waals surface area contributed by atoms with Gasteiger partial charge in [0.05, 0.1) is 23.4 Å². The summed E-state index contributed by atoms with van der Waals surface area (Å²) < 4.78 is 18.3. The maximum atomic E-state index is 12.7. The van der Waals surface area contributed by atoms with Crippen molar-refractivity contribution < 1.29 is 19.3 Å². The largest absolute Gasteiger partial charge is 0.493 e. The molecule has 3 aromatic rings. The first kappa shape index (κ1) is 22.7. The molecule has 0 spiro atoms. The highest BCUT2D eigenvalue weighted by molar-refractivity contribution is 6.32. The highest BCUT2D eigenvalue weighted by atomic mass is 35.5. The van der Waals surface area contributed by atoms with Crippen LogP contribution in [0.2, 0.25) is 5.02 Å². The van der Waals surface area contributed by atoms with Crippen molar-refractivity contribution in [2.45, 2.75) is 33.0 Å². The lowest BCUT2D eigenvalue weighted by Gasteiger charge is -2.19. The molecule has 7 heteroatoms. The molecule has 0 bridgehead atoms. The van der Waals surface area contributed by atoms with Crippen molar-refractivity contribution in [2.24, 2.45) is 0 Å². The molecule has 6 nitrogen and oxygen atoms in total. The molecule has 0 saturated heterocycles. The smallest absolute Gasteiger partial charge is 0.255 e. The summed E-state index contributed by atoms with van der Waals surface area (Å²) in [5, 5.41) is 10.4. The molecular formula is C24H26ClNO5. The van der Waals surface area contributed by atoms with Crippen LogP contribution in [0.25, 0.3) is 5.69 Å². The maximum absolute atomic E-state index is 12.7. The lowest BCUT2D eigenvalue weighted by atomic mass is 10.2.